The topological polar surface area (TPSA) is 104 Å². The lowest BCUT2D eigenvalue weighted by Crippen LogP contribution is -2.53. The maximum Gasteiger partial charge on any atom is 0.274 e. The number of amides is 3. The largest absolute Gasteiger partial charge is 0.351 e. The number of hydrogen-bond donors (Lipinski definition) is 2. The summed E-state index contributed by atoms with van der Waals surface area (Å²) in [5.41, 5.74) is 1.04. The highest BCUT2D eigenvalue weighted by molar-refractivity contribution is 5.92. The zero-order chi connectivity index (χ0) is 21.5. The molecule has 9 heteroatoms. The standard InChI is InChI=1S/C21H24FN5O3/c1-14(28)25-18(12-15-2-4-16(22)5-3-15)20(29)26-17-6-10-27(11-7-17)21(30)19-13-23-8-9-24-19/h2-5,8-9,13,17-18H,6-7,10-12H2,1H3,(H,25,28)(H,26,29)/t18-/m1/s1. The number of benzene rings is 1. The summed E-state index contributed by atoms with van der Waals surface area (Å²) in [6.07, 6.45) is 5.88. The Morgan fingerprint density at radius 3 is 2.47 bits per heavy atom. The van der Waals surface area contributed by atoms with Crippen molar-refractivity contribution in [3.63, 3.8) is 0 Å². The first kappa shape index (κ1) is 21.4. The molecule has 0 saturated carbocycles. The van der Waals surface area contributed by atoms with E-state index >= 15 is 0 Å². The van der Waals surface area contributed by atoms with Gasteiger partial charge in [-0.3, -0.25) is 19.4 Å². The van der Waals surface area contributed by atoms with Gasteiger partial charge < -0.3 is 15.5 Å². The third-order valence-corrected chi connectivity index (χ3v) is 4.96. The molecule has 0 spiro atoms. The summed E-state index contributed by atoms with van der Waals surface area (Å²) < 4.78 is 13.1. The number of rotatable bonds is 6. The Labute approximate surface area is 173 Å². The van der Waals surface area contributed by atoms with E-state index in [1.165, 1.54) is 37.6 Å². The number of halogens is 1. The normalized spacial score (nSPS) is 15.3. The number of likely N-dealkylation sites (tertiary alicyclic amines) is 1. The van der Waals surface area contributed by atoms with Gasteiger partial charge in [0.1, 0.15) is 17.6 Å². The van der Waals surface area contributed by atoms with E-state index in [4.69, 9.17) is 0 Å². The molecule has 0 radical (unpaired) electrons. The molecule has 1 aromatic carbocycles. The van der Waals surface area contributed by atoms with E-state index < -0.39 is 6.04 Å². The molecule has 158 valence electrons. The Bertz CT molecular complexity index is 883. The molecule has 1 atom stereocenters. The molecule has 2 N–H and O–H groups in total. The fraction of sp³-hybridized carbons (Fsp3) is 0.381. The molecule has 0 unspecified atom stereocenters. The molecule has 0 aliphatic carbocycles. The molecule has 1 aromatic heterocycles. The Morgan fingerprint density at radius 1 is 1.17 bits per heavy atom. The zero-order valence-electron chi connectivity index (χ0n) is 16.7. The molecule has 3 rings (SSSR count). The first-order valence-corrected chi connectivity index (χ1v) is 9.79. The van der Waals surface area contributed by atoms with Crippen molar-refractivity contribution in [2.24, 2.45) is 0 Å². The lowest BCUT2D eigenvalue weighted by Gasteiger charge is -2.33. The van der Waals surface area contributed by atoms with Crippen LogP contribution in [-0.4, -0.2) is 57.8 Å². The van der Waals surface area contributed by atoms with Crippen LogP contribution in [0.2, 0.25) is 0 Å². The van der Waals surface area contributed by atoms with Gasteiger partial charge in [0, 0.05) is 44.9 Å². The first-order valence-electron chi connectivity index (χ1n) is 9.79. The van der Waals surface area contributed by atoms with Crippen LogP contribution in [0.4, 0.5) is 4.39 Å². The van der Waals surface area contributed by atoms with Crippen molar-refractivity contribution in [3.8, 4) is 0 Å². The first-order chi connectivity index (χ1) is 14.4. The Balaban J connectivity index is 1.55. The van der Waals surface area contributed by atoms with Crippen molar-refractivity contribution in [2.45, 2.75) is 38.3 Å². The Kier molecular flexibility index (Phi) is 7.05. The number of piperidine rings is 1. The van der Waals surface area contributed by atoms with Crippen LogP contribution in [0.1, 0.15) is 35.8 Å². The van der Waals surface area contributed by atoms with Gasteiger partial charge in [0.25, 0.3) is 5.91 Å². The Hall–Kier alpha value is -3.36. The van der Waals surface area contributed by atoms with E-state index in [1.54, 1.807) is 17.0 Å². The SMILES string of the molecule is CC(=O)N[C@H](Cc1ccc(F)cc1)C(=O)NC1CCN(C(=O)c2cnccn2)CC1. The fourth-order valence-electron chi connectivity index (χ4n) is 3.41. The molecule has 1 fully saturated rings. The lowest BCUT2D eigenvalue weighted by atomic mass is 10.0. The van der Waals surface area contributed by atoms with Gasteiger partial charge in [-0.2, -0.15) is 0 Å². The van der Waals surface area contributed by atoms with Crippen LogP contribution in [0, 0.1) is 5.82 Å². The van der Waals surface area contributed by atoms with E-state index in [2.05, 4.69) is 20.6 Å². The van der Waals surface area contributed by atoms with Gasteiger partial charge in [0.2, 0.25) is 11.8 Å². The van der Waals surface area contributed by atoms with Gasteiger partial charge in [-0.05, 0) is 30.5 Å². The van der Waals surface area contributed by atoms with Gasteiger partial charge in [-0.15, -0.1) is 0 Å². The van der Waals surface area contributed by atoms with Crippen molar-refractivity contribution < 1.29 is 18.8 Å². The van der Waals surface area contributed by atoms with Gasteiger partial charge in [0.05, 0.1) is 6.20 Å². The highest BCUT2D eigenvalue weighted by atomic mass is 19.1. The minimum absolute atomic E-state index is 0.104. The molecule has 0 bridgehead atoms. The van der Waals surface area contributed by atoms with Gasteiger partial charge in [-0.1, -0.05) is 12.1 Å². The smallest absolute Gasteiger partial charge is 0.274 e. The summed E-state index contributed by atoms with van der Waals surface area (Å²) in [7, 11) is 0. The van der Waals surface area contributed by atoms with Crippen molar-refractivity contribution in [2.75, 3.05) is 13.1 Å². The molecular weight excluding hydrogens is 389 g/mol. The van der Waals surface area contributed by atoms with Crippen molar-refractivity contribution in [1.29, 1.82) is 0 Å². The van der Waals surface area contributed by atoms with Crippen molar-refractivity contribution in [3.05, 3.63) is 59.9 Å². The van der Waals surface area contributed by atoms with Crippen molar-refractivity contribution >= 4 is 17.7 Å². The fourth-order valence-corrected chi connectivity index (χ4v) is 3.41. The second kappa shape index (κ2) is 9.91. The monoisotopic (exact) mass is 413 g/mol. The van der Waals surface area contributed by atoms with E-state index in [0.29, 0.717) is 31.6 Å². The molecule has 2 heterocycles. The number of aromatic nitrogens is 2. The average molecular weight is 413 g/mol. The van der Waals surface area contributed by atoms with E-state index in [1.807, 2.05) is 0 Å². The molecular formula is C21H24FN5O3. The van der Waals surface area contributed by atoms with Gasteiger partial charge in [-0.25, -0.2) is 9.37 Å². The molecule has 2 aromatic rings. The zero-order valence-corrected chi connectivity index (χ0v) is 16.7. The highest BCUT2D eigenvalue weighted by Gasteiger charge is 2.28. The second-order valence-corrected chi connectivity index (χ2v) is 7.25. The number of nitrogens with zero attached hydrogens (tertiary/aromatic N) is 3. The second-order valence-electron chi connectivity index (χ2n) is 7.25. The number of hydrogen-bond acceptors (Lipinski definition) is 5. The maximum atomic E-state index is 13.1. The maximum absolute atomic E-state index is 13.1. The van der Waals surface area contributed by atoms with E-state index in [0.717, 1.165) is 5.56 Å². The molecule has 1 saturated heterocycles. The number of nitrogens with one attached hydrogen (secondary N) is 2. The third kappa shape index (κ3) is 5.82. The summed E-state index contributed by atoms with van der Waals surface area (Å²) in [5.74, 6) is -1.16. The predicted molar refractivity (Wildman–Crippen MR) is 107 cm³/mol. The van der Waals surface area contributed by atoms with Crippen LogP contribution in [-0.2, 0) is 16.0 Å². The van der Waals surface area contributed by atoms with E-state index in [9.17, 15) is 18.8 Å². The average Bonchev–Trinajstić information content (AvgIpc) is 2.75. The van der Waals surface area contributed by atoms with Crippen LogP contribution in [0.25, 0.3) is 0 Å². The number of carbonyl (C=O) groups excluding carboxylic acids is 3. The summed E-state index contributed by atoms with van der Waals surface area (Å²) in [6, 6.07) is 4.96. The summed E-state index contributed by atoms with van der Waals surface area (Å²) in [4.78, 5) is 46.4. The molecule has 3 amide bonds. The summed E-state index contributed by atoms with van der Waals surface area (Å²) >= 11 is 0. The quantitative estimate of drug-likeness (QED) is 0.738. The minimum Gasteiger partial charge on any atom is -0.351 e. The predicted octanol–water partition coefficient (Wildman–Crippen LogP) is 1.08. The van der Waals surface area contributed by atoms with E-state index in [-0.39, 0.29) is 36.0 Å². The molecule has 8 nitrogen and oxygen atoms in total. The number of carbonyl (C=O) groups is 3. The van der Waals surface area contributed by atoms with Crippen LogP contribution in [0.3, 0.4) is 0 Å². The highest BCUT2D eigenvalue weighted by Crippen LogP contribution is 2.14. The third-order valence-electron chi connectivity index (χ3n) is 4.96. The molecule has 1 aliphatic heterocycles. The van der Waals surface area contributed by atoms with Crippen LogP contribution < -0.4 is 10.6 Å². The minimum atomic E-state index is -0.757. The summed E-state index contributed by atoms with van der Waals surface area (Å²) in [6.45, 7) is 2.33. The van der Waals surface area contributed by atoms with Crippen molar-refractivity contribution in [1.82, 2.24) is 25.5 Å². The lowest BCUT2D eigenvalue weighted by molar-refractivity contribution is -0.128. The van der Waals surface area contributed by atoms with Gasteiger partial charge in [0.15, 0.2) is 0 Å². The van der Waals surface area contributed by atoms with Crippen LogP contribution in [0.15, 0.2) is 42.9 Å². The van der Waals surface area contributed by atoms with Crippen LogP contribution >= 0.6 is 0 Å². The van der Waals surface area contributed by atoms with Crippen LogP contribution in [0.5, 0.6) is 0 Å². The molecule has 1 aliphatic rings. The summed E-state index contributed by atoms with van der Waals surface area (Å²) in [5, 5.41) is 5.62. The Morgan fingerprint density at radius 2 is 1.87 bits per heavy atom. The van der Waals surface area contributed by atoms with Gasteiger partial charge >= 0.3 is 0 Å². The molecule has 30 heavy (non-hydrogen) atoms.